The molecule has 0 unspecified atom stereocenters. The number of nitrogens with two attached hydrogens (primary N) is 1. The Kier molecular flexibility index (Phi) is 4.02. The molecular formula is C14H21N3. The van der Waals surface area contributed by atoms with Gasteiger partial charge in [0.05, 0.1) is 11.9 Å². The summed E-state index contributed by atoms with van der Waals surface area (Å²) in [7, 11) is 0. The van der Waals surface area contributed by atoms with Gasteiger partial charge in [-0.1, -0.05) is 11.6 Å². The molecule has 3 nitrogen and oxygen atoms in total. The van der Waals surface area contributed by atoms with Crippen molar-refractivity contribution in [1.82, 2.24) is 4.98 Å². The van der Waals surface area contributed by atoms with Crippen LogP contribution in [0.1, 0.15) is 37.7 Å². The Bertz CT molecular complexity index is 410. The number of aryl methyl sites for hydroxylation is 1. The highest BCUT2D eigenvalue weighted by molar-refractivity contribution is 5.50. The second-order valence-electron chi connectivity index (χ2n) is 4.72. The van der Waals surface area contributed by atoms with Crippen LogP contribution in [-0.2, 0) is 0 Å². The molecule has 1 aliphatic carbocycles. The third kappa shape index (κ3) is 3.48. The zero-order valence-corrected chi connectivity index (χ0v) is 10.5. The minimum Gasteiger partial charge on any atom is -0.397 e. The molecule has 0 spiro atoms. The van der Waals surface area contributed by atoms with Gasteiger partial charge in [-0.3, -0.25) is 0 Å². The van der Waals surface area contributed by atoms with Crippen molar-refractivity contribution in [2.24, 2.45) is 0 Å². The molecule has 0 radical (unpaired) electrons. The van der Waals surface area contributed by atoms with Gasteiger partial charge < -0.3 is 11.1 Å². The highest BCUT2D eigenvalue weighted by atomic mass is 15.0. The van der Waals surface area contributed by atoms with Crippen LogP contribution in [0.2, 0.25) is 0 Å². The predicted octanol–water partition coefficient (Wildman–Crippen LogP) is 3.27. The molecule has 0 bridgehead atoms. The third-order valence-electron chi connectivity index (χ3n) is 3.22. The molecule has 1 heterocycles. The fraction of sp³-hybridized carbons (Fsp3) is 0.500. The molecule has 0 aromatic carbocycles. The van der Waals surface area contributed by atoms with E-state index in [0.717, 1.165) is 30.0 Å². The number of hydrogen-bond acceptors (Lipinski definition) is 3. The number of pyridine rings is 1. The van der Waals surface area contributed by atoms with Crippen molar-refractivity contribution in [3.05, 3.63) is 29.5 Å². The normalized spacial score (nSPS) is 15.5. The first-order chi connectivity index (χ1) is 8.25. The van der Waals surface area contributed by atoms with Crippen molar-refractivity contribution in [2.75, 3.05) is 17.6 Å². The molecular weight excluding hydrogens is 210 g/mol. The number of hydrogen-bond donors (Lipinski definition) is 2. The van der Waals surface area contributed by atoms with Crippen molar-refractivity contribution >= 4 is 11.5 Å². The Labute approximate surface area is 103 Å². The van der Waals surface area contributed by atoms with E-state index >= 15 is 0 Å². The lowest BCUT2D eigenvalue weighted by Gasteiger charge is -2.14. The van der Waals surface area contributed by atoms with Crippen LogP contribution in [0.15, 0.2) is 23.9 Å². The highest BCUT2D eigenvalue weighted by Gasteiger charge is 2.04. The molecule has 0 saturated carbocycles. The second-order valence-corrected chi connectivity index (χ2v) is 4.72. The zero-order valence-electron chi connectivity index (χ0n) is 10.5. The molecule has 92 valence electrons. The van der Waals surface area contributed by atoms with E-state index in [0.29, 0.717) is 0 Å². The first-order valence-corrected chi connectivity index (χ1v) is 6.39. The molecule has 0 fully saturated rings. The summed E-state index contributed by atoms with van der Waals surface area (Å²) in [6, 6.07) is 1.95. The van der Waals surface area contributed by atoms with Gasteiger partial charge in [-0.2, -0.15) is 0 Å². The van der Waals surface area contributed by atoms with Crippen LogP contribution in [0.4, 0.5) is 11.5 Å². The minimum atomic E-state index is 0.725. The maximum atomic E-state index is 5.67. The first kappa shape index (κ1) is 12.0. The average Bonchev–Trinajstić information content (AvgIpc) is 2.33. The lowest BCUT2D eigenvalue weighted by Crippen LogP contribution is -2.07. The van der Waals surface area contributed by atoms with Crippen molar-refractivity contribution in [3.8, 4) is 0 Å². The molecule has 3 heteroatoms. The Hall–Kier alpha value is -1.51. The van der Waals surface area contributed by atoms with Crippen LogP contribution in [0.25, 0.3) is 0 Å². The van der Waals surface area contributed by atoms with Gasteiger partial charge in [-0.05, 0) is 50.7 Å². The molecule has 1 aliphatic rings. The maximum absolute atomic E-state index is 5.67. The minimum absolute atomic E-state index is 0.725. The van der Waals surface area contributed by atoms with Crippen molar-refractivity contribution in [1.29, 1.82) is 0 Å². The number of nitrogen functional groups attached to an aromatic ring is 1. The average molecular weight is 231 g/mol. The molecule has 17 heavy (non-hydrogen) atoms. The molecule has 1 aromatic rings. The summed E-state index contributed by atoms with van der Waals surface area (Å²) in [5, 5.41) is 3.38. The quantitative estimate of drug-likeness (QED) is 0.782. The summed E-state index contributed by atoms with van der Waals surface area (Å²) >= 11 is 0. The van der Waals surface area contributed by atoms with Crippen LogP contribution in [0, 0.1) is 6.92 Å². The van der Waals surface area contributed by atoms with Gasteiger partial charge in [-0.25, -0.2) is 4.98 Å². The number of nitrogens with zero attached hydrogens (tertiary/aromatic N) is 1. The zero-order chi connectivity index (χ0) is 12.1. The van der Waals surface area contributed by atoms with E-state index in [1.807, 2.05) is 13.0 Å². The van der Waals surface area contributed by atoms with Crippen LogP contribution in [-0.4, -0.2) is 11.5 Å². The third-order valence-corrected chi connectivity index (χ3v) is 3.22. The fourth-order valence-electron chi connectivity index (χ4n) is 2.25. The monoisotopic (exact) mass is 231 g/mol. The smallest absolute Gasteiger partial charge is 0.129 e. The number of aromatic nitrogens is 1. The van der Waals surface area contributed by atoms with E-state index in [9.17, 15) is 0 Å². The van der Waals surface area contributed by atoms with Gasteiger partial charge >= 0.3 is 0 Å². The number of anilines is 2. The summed E-state index contributed by atoms with van der Waals surface area (Å²) in [5.41, 5.74) is 9.11. The van der Waals surface area contributed by atoms with E-state index in [1.165, 1.54) is 25.7 Å². The topological polar surface area (TPSA) is 50.9 Å². The molecule has 0 atom stereocenters. The number of allylic oxidation sites excluding steroid dienone is 1. The summed E-state index contributed by atoms with van der Waals surface area (Å²) in [4.78, 5) is 4.30. The molecule has 0 saturated heterocycles. The highest BCUT2D eigenvalue weighted by Crippen LogP contribution is 2.20. The molecule has 2 rings (SSSR count). The SMILES string of the molecule is Cc1cc(N)cnc1NCCC1=CCCCC1. The summed E-state index contributed by atoms with van der Waals surface area (Å²) in [5.74, 6) is 0.954. The largest absolute Gasteiger partial charge is 0.397 e. The van der Waals surface area contributed by atoms with E-state index < -0.39 is 0 Å². The molecule has 0 aliphatic heterocycles. The standard InChI is InChI=1S/C14H21N3/c1-11-9-13(15)10-17-14(11)16-8-7-12-5-3-2-4-6-12/h5,9-10H,2-4,6-8,15H2,1H3,(H,16,17). The van der Waals surface area contributed by atoms with E-state index in [-0.39, 0.29) is 0 Å². The van der Waals surface area contributed by atoms with E-state index in [2.05, 4.69) is 16.4 Å². The van der Waals surface area contributed by atoms with E-state index in [4.69, 9.17) is 5.73 Å². The van der Waals surface area contributed by atoms with Gasteiger partial charge in [0.15, 0.2) is 0 Å². The van der Waals surface area contributed by atoms with Gasteiger partial charge in [0.1, 0.15) is 5.82 Å². The maximum Gasteiger partial charge on any atom is 0.129 e. The lowest BCUT2D eigenvalue weighted by molar-refractivity contribution is 0.679. The van der Waals surface area contributed by atoms with Gasteiger partial charge in [0.25, 0.3) is 0 Å². The lowest BCUT2D eigenvalue weighted by atomic mass is 9.97. The second kappa shape index (κ2) is 5.71. The Morgan fingerprint density at radius 2 is 2.29 bits per heavy atom. The fourth-order valence-corrected chi connectivity index (χ4v) is 2.25. The summed E-state index contributed by atoms with van der Waals surface area (Å²) < 4.78 is 0. The molecule has 3 N–H and O–H groups in total. The Balaban J connectivity index is 1.83. The Morgan fingerprint density at radius 1 is 1.41 bits per heavy atom. The molecule has 1 aromatic heterocycles. The number of nitrogens with one attached hydrogen (secondary N) is 1. The summed E-state index contributed by atoms with van der Waals surface area (Å²) in [6.07, 6.45) is 10.5. The van der Waals surface area contributed by atoms with Crippen LogP contribution >= 0.6 is 0 Å². The first-order valence-electron chi connectivity index (χ1n) is 6.39. The van der Waals surface area contributed by atoms with Crippen molar-refractivity contribution in [3.63, 3.8) is 0 Å². The van der Waals surface area contributed by atoms with Crippen LogP contribution < -0.4 is 11.1 Å². The number of rotatable bonds is 4. The molecule has 0 amide bonds. The summed E-state index contributed by atoms with van der Waals surface area (Å²) in [6.45, 7) is 3.00. The van der Waals surface area contributed by atoms with E-state index in [1.54, 1.807) is 11.8 Å². The van der Waals surface area contributed by atoms with Gasteiger partial charge in [-0.15, -0.1) is 0 Å². The van der Waals surface area contributed by atoms with Crippen LogP contribution in [0.5, 0.6) is 0 Å². The van der Waals surface area contributed by atoms with Crippen molar-refractivity contribution < 1.29 is 0 Å². The van der Waals surface area contributed by atoms with Gasteiger partial charge in [0.2, 0.25) is 0 Å². The van der Waals surface area contributed by atoms with Crippen molar-refractivity contribution in [2.45, 2.75) is 39.0 Å². The van der Waals surface area contributed by atoms with Gasteiger partial charge in [0, 0.05) is 6.54 Å². The van der Waals surface area contributed by atoms with Crippen LogP contribution in [0.3, 0.4) is 0 Å². The Morgan fingerprint density at radius 3 is 3.00 bits per heavy atom. The predicted molar refractivity (Wildman–Crippen MR) is 73.0 cm³/mol.